The summed E-state index contributed by atoms with van der Waals surface area (Å²) in [5.41, 5.74) is 1.90. The molecule has 0 aliphatic carbocycles. The molecule has 1 amide bonds. The molecule has 0 spiro atoms. The molecule has 0 N–H and O–H groups in total. The number of piperazine rings is 1. The summed E-state index contributed by atoms with van der Waals surface area (Å²) >= 11 is 0. The largest absolute Gasteiger partial charge is 0.462 e. The van der Waals surface area contributed by atoms with E-state index in [1.807, 2.05) is 29.2 Å². The minimum Gasteiger partial charge on any atom is -0.462 e. The Kier molecular flexibility index (Phi) is 6.67. The van der Waals surface area contributed by atoms with E-state index in [9.17, 15) is 9.59 Å². The highest BCUT2D eigenvalue weighted by molar-refractivity contribution is 5.95. The number of hydrogen-bond donors (Lipinski definition) is 0. The van der Waals surface area contributed by atoms with Crippen molar-refractivity contribution in [1.82, 2.24) is 24.6 Å². The number of aromatic nitrogens is 4. The van der Waals surface area contributed by atoms with Crippen LogP contribution in [0.25, 0.3) is 5.82 Å². The lowest BCUT2D eigenvalue weighted by Crippen LogP contribution is -2.49. The number of anilines is 1. The monoisotopic (exact) mass is 448 g/mol. The Hall–Kier alpha value is -3.75. The molecule has 3 aromatic heterocycles. The second kappa shape index (κ2) is 9.81. The van der Waals surface area contributed by atoms with E-state index < -0.39 is 0 Å². The van der Waals surface area contributed by atoms with Gasteiger partial charge in [-0.1, -0.05) is 19.9 Å². The number of carbonyl (C=O) groups is 2. The first kappa shape index (κ1) is 22.4. The first-order valence-electron chi connectivity index (χ1n) is 11.2. The van der Waals surface area contributed by atoms with Crippen LogP contribution < -0.4 is 4.90 Å². The maximum atomic E-state index is 13.4. The molecule has 1 aliphatic rings. The first-order chi connectivity index (χ1) is 16.0. The summed E-state index contributed by atoms with van der Waals surface area (Å²) in [6, 6.07) is 9.18. The molecule has 0 atom stereocenters. The molecule has 4 heterocycles. The first-order valence-corrected chi connectivity index (χ1v) is 11.2. The van der Waals surface area contributed by atoms with Gasteiger partial charge in [0.1, 0.15) is 5.82 Å². The zero-order valence-corrected chi connectivity index (χ0v) is 19.1. The van der Waals surface area contributed by atoms with Crippen LogP contribution in [-0.2, 0) is 4.74 Å². The minimum absolute atomic E-state index is 0.0221. The number of esters is 1. The van der Waals surface area contributed by atoms with Gasteiger partial charge in [0.2, 0.25) is 0 Å². The molecule has 0 bridgehead atoms. The summed E-state index contributed by atoms with van der Waals surface area (Å²) in [5.74, 6) is 1.19. The van der Waals surface area contributed by atoms with Gasteiger partial charge < -0.3 is 14.5 Å². The van der Waals surface area contributed by atoms with Crippen molar-refractivity contribution in [3.05, 3.63) is 65.7 Å². The SMILES string of the molecule is CCOC(=O)c1ccc(N2CCN(C(=O)c3cnn(-c4ccccn4)c3C(C)C)CC2)nc1. The molecule has 9 heteroatoms. The fourth-order valence-corrected chi connectivity index (χ4v) is 3.96. The lowest BCUT2D eigenvalue weighted by molar-refractivity contribution is 0.0525. The van der Waals surface area contributed by atoms with Crippen molar-refractivity contribution in [2.45, 2.75) is 26.7 Å². The van der Waals surface area contributed by atoms with E-state index in [-0.39, 0.29) is 17.8 Å². The Balaban J connectivity index is 1.45. The highest BCUT2D eigenvalue weighted by Gasteiger charge is 2.28. The number of pyridine rings is 2. The standard InChI is InChI=1S/C24H28N6O3/c1-4-33-24(32)18-8-9-20(26-15-18)28-11-13-29(14-12-28)23(31)19-16-27-30(22(19)17(2)3)21-7-5-6-10-25-21/h5-10,15-17H,4,11-14H2,1-3H3. The quantitative estimate of drug-likeness (QED) is 0.535. The van der Waals surface area contributed by atoms with E-state index in [0.717, 1.165) is 11.5 Å². The van der Waals surface area contributed by atoms with Gasteiger partial charge in [-0.2, -0.15) is 5.10 Å². The van der Waals surface area contributed by atoms with Crippen molar-refractivity contribution in [2.24, 2.45) is 0 Å². The van der Waals surface area contributed by atoms with Crippen LogP contribution in [-0.4, -0.2) is 69.3 Å². The molecule has 0 aromatic carbocycles. The Morgan fingerprint density at radius 3 is 2.39 bits per heavy atom. The summed E-state index contributed by atoms with van der Waals surface area (Å²) < 4.78 is 6.76. The summed E-state index contributed by atoms with van der Waals surface area (Å²) in [7, 11) is 0. The Morgan fingerprint density at radius 1 is 1.00 bits per heavy atom. The minimum atomic E-state index is -0.376. The zero-order chi connectivity index (χ0) is 23.4. The average Bonchev–Trinajstić information content (AvgIpc) is 3.30. The van der Waals surface area contributed by atoms with Gasteiger partial charge in [0, 0.05) is 38.6 Å². The fraction of sp³-hybridized carbons (Fsp3) is 0.375. The number of rotatable bonds is 6. The lowest BCUT2D eigenvalue weighted by Gasteiger charge is -2.35. The summed E-state index contributed by atoms with van der Waals surface area (Å²) in [6.45, 7) is 8.67. The Morgan fingerprint density at radius 2 is 1.79 bits per heavy atom. The van der Waals surface area contributed by atoms with Gasteiger partial charge in [-0.05, 0) is 37.1 Å². The normalized spacial score (nSPS) is 13.9. The van der Waals surface area contributed by atoms with Crippen molar-refractivity contribution in [1.29, 1.82) is 0 Å². The zero-order valence-electron chi connectivity index (χ0n) is 19.1. The van der Waals surface area contributed by atoms with Crippen LogP contribution in [0.5, 0.6) is 0 Å². The Labute approximate surface area is 193 Å². The third kappa shape index (κ3) is 4.72. The molecule has 0 radical (unpaired) electrons. The molecule has 4 rings (SSSR count). The van der Waals surface area contributed by atoms with E-state index in [1.54, 1.807) is 30.1 Å². The number of hydrogen-bond acceptors (Lipinski definition) is 7. The van der Waals surface area contributed by atoms with Gasteiger partial charge in [-0.15, -0.1) is 0 Å². The highest BCUT2D eigenvalue weighted by Crippen LogP contribution is 2.24. The van der Waals surface area contributed by atoms with E-state index in [1.165, 1.54) is 6.20 Å². The van der Waals surface area contributed by atoms with E-state index in [2.05, 4.69) is 33.8 Å². The van der Waals surface area contributed by atoms with Crippen molar-refractivity contribution < 1.29 is 14.3 Å². The predicted molar refractivity (Wildman–Crippen MR) is 124 cm³/mol. The van der Waals surface area contributed by atoms with Gasteiger partial charge in [0.25, 0.3) is 5.91 Å². The van der Waals surface area contributed by atoms with Crippen LogP contribution in [0.1, 0.15) is 53.1 Å². The number of amides is 1. The lowest BCUT2D eigenvalue weighted by atomic mass is 10.0. The second-order valence-corrected chi connectivity index (χ2v) is 8.10. The molecular weight excluding hydrogens is 420 g/mol. The van der Waals surface area contributed by atoms with Crippen LogP contribution in [0, 0.1) is 0 Å². The molecular formula is C24H28N6O3. The van der Waals surface area contributed by atoms with E-state index in [0.29, 0.717) is 49.7 Å². The average molecular weight is 449 g/mol. The topological polar surface area (TPSA) is 93.5 Å². The maximum absolute atomic E-state index is 13.4. The van der Waals surface area contributed by atoms with E-state index >= 15 is 0 Å². The summed E-state index contributed by atoms with van der Waals surface area (Å²) in [4.78, 5) is 37.9. The van der Waals surface area contributed by atoms with Gasteiger partial charge in [0.15, 0.2) is 5.82 Å². The third-order valence-corrected chi connectivity index (χ3v) is 5.60. The Bertz CT molecular complexity index is 1100. The highest BCUT2D eigenvalue weighted by atomic mass is 16.5. The van der Waals surface area contributed by atoms with Crippen molar-refractivity contribution in [3.8, 4) is 5.82 Å². The molecule has 0 unspecified atom stereocenters. The molecule has 0 saturated carbocycles. The van der Waals surface area contributed by atoms with Gasteiger partial charge in [0.05, 0.1) is 29.6 Å². The second-order valence-electron chi connectivity index (χ2n) is 8.10. The summed E-state index contributed by atoms with van der Waals surface area (Å²) in [6.07, 6.45) is 4.90. The van der Waals surface area contributed by atoms with Gasteiger partial charge in [-0.3, -0.25) is 4.79 Å². The molecule has 1 aliphatic heterocycles. The van der Waals surface area contributed by atoms with Gasteiger partial charge in [-0.25, -0.2) is 19.4 Å². The number of carbonyl (C=O) groups excluding carboxylic acids is 2. The van der Waals surface area contributed by atoms with Crippen LogP contribution in [0.2, 0.25) is 0 Å². The van der Waals surface area contributed by atoms with Crippen molar-refractivity contribution in [3.63, 3.8) is 0 Å². The van der Waals surface area contributed by atoms with Crippen molar-refractivity contribution in [2.75, 3.05) is 37.7 Å². The van der Waals surface area contributed by atoms with Crippen LogP contribution in [0.3, 0.4) is 0 Å². The maximum Gasteiger partial charge on any atom is 0.339 e. The smallest absolute Gasteiger partial charge is 0.339 e. The number of ether oxygens (including phenoxy) is 1. The molecule has 3 aromatic rings. The predicted octanol–water partition coefficient (Wildman–Crippen LogP) is 2.92. The number of nitrogens with zero attached hydrogens (tertiary/aromatic N) is 6. The molecule has 1 saturated heterocycles. The van der Waals surface area contributed by atoms with Crippen LogP contribution >= 0.6 is 0 Å². The van der Waals surface area contributed by atoms with Crippen LogP contribution in [0.15, 0.2) is 48.9 Å². The third-order valence-electron chi connectivity index (χ3n) is 5.60. The molecule has 33 heavy (non-hydrogen) atoms. The molecule has 172 valence electrons. The van der Waals surface area contributed by atoms with E-state index in [4.69, 9.17) is 4.74 Å². The fourth-order valence-electron chi connectivity index (χ4n) is 3.96. The molecule has 9 nitrogen and oxygen atoms in total. The molecule has 1 fully saturated rings. The van der Waals surface area contributed by atoms with Crippen molar-refractivity contribution >= 4 is 17.7 Å². The van der Waals surface area contributed by atoms with Gasteiger partial charge >= 0.3 is 5.97 Å². The summed E-state index contributed by atoms with van der Waals surface area (Å²) in [5, 5.41) is 4.47. The van der Waals surface area contributed by atoms with Crippen LogP contribution in [0.4, 0.5) is 5.82 Å².